The standard InChI is InChI=1S/C29H34ClN5O3.C29H32N4O.C27H29N5O/c1-19-14-23(35-10-8-34(9-11-35)12-13-38-2)16-21-17-25(33-28(19)21)27-24(6-7-31-29(27)37)32-18-26(36)20-4-3-5-22(30)15-20;30-27-11-12-31-29-28(27)26(19-33(29)24-15-22(16-24)18-32-13-4-5-14-32)23-9-6-10-25(17-23)34-20-21-7-2-1-3-8-21;28-26-25-24(21-8-4-9-23(14-21)33-17-19-6-2-1-3-7-19)16-32(27(25)30-18-29-26)22-12-20(13-22)15-31-10-5-11-31/h3-7,14-16,26,36H,8-13,17-18H2,1-2H3,(H2,31,32,37);1-3,6-12,17,19,22,24H,4-5,13-16,18,20H2,(H2,30,31);1-4,6-9,14,16,18,20,22H,5,10-13,15,17H2,(H2,28,29,30)/t26-;;/m1../s1. The number of hydrogen-bond acceptors (Lipinski definition) is 16. The number of hydrogen-bond donors (Lipinski definition) is 5. The summed E-state index contributed by atoms with van der Waals surface area (Å²) in [6, 6.07) is 53.3. The molecule has 3 saturated heterocycles. The molecule has 0 radical (unpaired) electrons. The Balaban J connectivity index is 0.000000127. The molecular weight excluding hydrogens is 1330 g/mol. The van der Waals surface area contributed by atoms with Crippen molar-refractivity contribution >= 4 is 67.9 Å². The van der Waals surface area contributed by atoms with Crippen LogP contribution in [0.4, 0.5) is 28.6 Å². The number of fused-ring (bicyclic) bond motifs is 3. The number of nitrogen functional groups attached to an aromatic ring is 2. The number of aliphatic hydroxyl groups is 1. The van der Waals surface area contributed by atoms with Crippen LogP contribution in [0, 0.1) is 18.8 Å². The minimum atomic E-state index is -0.775. The van der Waals surface area contributed by atoms with E-state index in [1.165, 1.54) is 89.9 Å². The van der Waals surface area contributed by atoms with Crippen molar-refractivity contribution in [3.8, 4) is 33.8 Å². The van der Waals surface area contributed by atoms with Crippen LogP contribution in [-0.4, -0.2) is 147 Å². The topological polar surface area (TPSA) is 219 Å². The van der Waals surface area contributed by atoms with Crippen molar-refractivity contribution in [1.82, 2.24) is 43.8 Å². The maximum absolute atomic E-state index is 13.0. The number of nitrogens with zero attached hydrogens (tertiary/aromatic N) is 10. The van der Waals surface area contributed by atoms with Gasteiger partial charge in [-0.15, -0.1) is 0 Å². The van der Waals surface area contributed by atoms with Gasteiger partial charge in [0.05, 0.1) is 40.7 Å². The summed E-state index contributed by atoms with van der Waals surface area (Å²) in [7, 11) is 1.74. The number of aromatic amines is 1. The summed E-state index contributed by atoms with van der Waals surface area (Å²) in [5.41, 5.74) is 29.0. The van der Waals surface area contributed by atoms with Gasteiger partial charge in [0, 0.05) is 136 Å². The van der Waals surface area contributed by atoms with E-state index in [-0.39, 0.29) is 12.1 Å². The summed E-state index contributed by atoms with van der Waals surface area (Å²) in [6.07, 6.45) is 18.2. The molecule has 0 spiro atoms. The van der Waals surface area contributed by atoms with Gasteiger partial charge in [0.1, 0.15) is 48.2 Å². The number of aliphatic imine (C=N–C) groups is 1. The Kier molecular flexibility index (Phi) is 22.0. The fourth-order valence-electron chi connectivity index (χ4n) is 15.9. The predicted molar refractivity (Wildman–Crippen MR) is 422 cm³/mol. The quantitative estimate of drug-likeness (QED) is 0.0402. The summed E-state index contributed by atoms with van der Waals surface area (Å²) >= 11 is 6.08. The smallest absolute Gasteiger partial charge is 0.259 e. The van der Waals surface area contributed by atoms with Crippen molar-refractivity contribution in [3.63, 3.8) is 0 Å². The zero-order valence-corrected chi connectivity index (χ0v) is 60.9. The second-order valence-corrected chi connectivity index (χ2v) is 29.5. The average Bonchev–Trinajstić information content (AvgIpc) is 1.61. The maximum Gasteiger partial charge on any atom is 0.259 e. The molecule has 20 heteroatoms. The van der Waals surface area contributed by atoms with Crippen molar-refractivity contribution in [3.05, 3.63) is 238 Å². The third-order valence-corrected chi connectivity index (χ3v) is 22.1. The molecule has 9 heterocycles. The molecule has 5 aromatic heterocycles. The normalized spacial score (nSPS) is 18.9. The van der Waals surface area contributed by atoms with E-state index in [0.29, 0.717) is 59.4 Å². The highest BCUT2D eigenvalue weighted by Crippen LogP contribution is 2.46. The number of aliphatic hydroxyl groups excluding tert-OH is 1. The van der Waals surface area contributed by atoms with Gasteiger partial charge >= 0.3 is 0 Å². The van der Waals surface area contributed by atoms with Gasteiger partial charge in [0.25, 0.3) is 5.56 Å². The van der Waals surface area contributed by atoms with Gasteiger partial charge in [-0.05, 0) is 189 Å². The van der Waals surface area contributed by atoms with Gasteiger partial charge in [-0.2, -0.15) is 0 Å². The molecule has 6 aliphatic rings. The average molecular weight is 1430 g/mol. The Morgan fingerprint density at radius 3 is 1.87 bits per heavy atom. The third kappa shape index (κ3) is 16.5. The van der Waals surface area contributed by atoms with Crippen LogP contribution < -0.4 is 36.7 Å². The van der Waals surface area contributed by atoms with Gasteiger partial charge in [-0.1, -0.05) is 109 Å². The van der Waals surface area contributed by atoms with Crippen molar-refractivity contribution in [2.75, 3.05) is 114 Å². The Morgan fingerprint density at radius 2 is 1.26 bits per heavy atom. The number of rotatable bonds is 23. The zero-order valence-electron chi connectivity index (χ0n) is 60.1. The molecule has 0 bridgehead atoms. The lowest BCUT2D eigenvalue weighted by Gasteiger charge is -2.42. The van der Waals surface area contributed by atoms with E-state index in [1.54, 1.807) is 31.8 Å². The molecule has 0 unspecified atom stereocenters. The molecule has 2 aliphatic carbocycles. The molecule has 1 atom stereocenters. The molecule has 542 valence electrons. The van der Waals surface area contributed by atoms with Crippen LogP contribution in [0.5, 0.6) is 11.5 Å². The van der Waals surface area contributed by atoms with E-state index in [0.717, 1.165) is 146 Å². The van der Waals surface area contributed by atoms with E-state index in [2.05, 4.69) is 135 Å². The number of nitrogens with one attached hydrogen (secondary N) is 2. The molecule has 17 rings (SSSR count). The lowest BCUT2D eigenvalue weighted by molar-refractivity contribution is 0.0921. The van der Waals surface area contributed by atoms with E-state index >= 15 is 0 Å². The first kappa shape index (κ1) is 70.8. The van der Waals surface area contributed by atoms with Gasteiger partial charge in [0.15, 0.2) is 0 Å². The molecule has 11 aromatic rings. The number of ether oxygens (including phenoxy) is 3. The zero-order chi connectivity index (χ0) is 71.8. The number of piperazine rings is 1. The minimum absolute atomic E-state index is 0.205. The summed E-state index contributed by atoms with van der Waals surface area (Å²) in [5, 5.41) is 16.5. The third-order valence-electron chi connectivity index (χ3n) is 21.8. The van der Waals surface area contributed by atoms with Gasteiger partial charge < -0.3 is 64.9 Å². The molecule has 0 amide bonds. The number of likely N-dealkylation sites (tertiary alicyclic amines) is 2. The lowest BCUT2D eigenvalue weighted by Crippen LogP contribution is -2.47. The number of aromatic nitrogens is 6. The molecule has 6 aromatic carbocycles. The minimum Gasteiger partial charge on any atom is -0.489 e. The van der Waals surface area contributed by atoms with Gasteiger partial charge in [-0.3, -0.25) is 14.7 Å². The number of benzene rings is 6. The second-order valence-electron chi connectivity index (χ2n) is 29.1. The molecule has 105 heavy (non-hydrogen) atoms. The fraction of sp³-hybridized carbons (Fsp3) is 0.353. The maximum atomic E-state index is 13.0. The summed E-state index contributed by atoms with van der Waals surface area (Å²) in [6.45, 7) is 16.7. The first-order chi connectivity index (χ1) is 51.4. The number of pyridine rings is 2. The Labute approximate surface area is 619 Å². The van der Waals surface area contributed by atoms with Crippen LogP contribution in [0.2, 0.25) is 5.02 Å². The molecule has 4 aliphatic heterocycles. The Bertz CT molecular complexity index is 4880. The number of methoxy groups -OCH3 is 1. The van der Waals surface area contributed by atoms with E-state index in [9.17, 15) is 9.90 Å². The highest BCUT2D eigenvalue weighted by Gasteiger charge is 2.36. The number of nitrogens with two attached hydrogens (primary N) is 2. The first-order valence-electron chi connectivity index (χ1n) is 37.3. The number of halogens is 1. The predicted octanol–water partition coefficient (Wildman–Crippen LogP) is 14.8. The van der Waals surface area contributed by atoms with Crippen LogP contribution in [0.1, 0.15) is 96.5 Å². The van der Waals surface area contributed by atoms with Crippen LogP contribution in [0.3, 0.4) is 0 Å². The fourth-order valence-corrected chi connectivity index (χ4v) is 16.1. The number of aryl methyl sites for hydroxylation is 1. The molecular formula is C85H95ClN14O5. The largest absolute Gasteiger partial charge is 0.489 e. The highest BCUT2D eigenvalue weighted by molar-refractivity contribution is 6.30. The highest BCUT2D eigenvalue weighted by atomic mass is 35.5. The Hall–Kier alpha value is -9.86. The first-order valence-corrected chi connectivity index (χ1v) is 37.7. The monoisotopic (exact) mass is 1430 g/mol. The van der Waals surface area contributed by atoms with E-state index in [4.69, 9.17) is 47.3 Å². The van der Waals surface area contributed by atoms with Crippen LogP contribution in [0.25, 0.3) is 44.3 Å². The van der Waals surface area contributed by atoms with Crippen molar-refractivity contribution in [1.29, 1.82) is 0 Å². The van der Waals surface area contributed by atoms with E-state index in [1.807, 2.05) is 85.1 Å². The lowest BCUT2D eigenvalue weighted by atomic mass is 9.79. The van der Waals surface area contributed by atoms with Crippen molar-refractivity contribution < 1.29 is 19.3 Å². The van der Waals surface area contributed by atoms with Gasteiger partial charge in [0.2, 0.25) is 0 Å². The van der Waals surface area contributed by atoms with E-state index < -0.39 is 6.10 Å². The van der Waals surface area contributed by atoms with Crippen LogP contribution in [-0.2, 0) is 24.4 Å². The van der Waals surface area contributed by atoms with Crippen LogP contribution >= 0.6 is 11.6 Å². The summed E-state index contributed by atoms with van der Waals surface area (Å²) in [4.78, 5) is 44.4. The van der Waals surface area contributed by atoms with Crippen molar-refractivity contribution in [2.24, 2.45) is 16.8 Å². The van der Waals surface area contributed by atoms with Crippen molar-refractivity contribution in [2.45, 2.75) is 89.7 Å². The van der Waals surface area contributed by atoms with Gasteiger partial charge in [-0.25, -0.2) is 15.0 Å². The number of anilines is 4. The molecule has 5 fully saturated rings. The Morgan fingerprint density at radius 1 is 0.648 bits per heavy atom. The molecule has 19 nitrogen and oxygen atoms in total. The summed E-state index contributed by atoms with van der Waals surface area (Å²) in [5.74, 6) is 3.80. The second kappa shape index (κ2) is 32.7. The summed E-state index contributed by atoms with van der Waals surface area (Å²) < 4.78 is 22.1. The van der Waals surface area contributed by atoms with Crippen LogP contribution in [0.15, 0.2) is 199 Å². The SMILES string of the molecule is COCCN1CCN(c2cc(C)c3c(c2)CC(c2c(NC[C@@H](O)c4cccc(Cl)c4)cc[nH]c2=O)=N3)CC1.Nc1ccnc2c1c(-c1cccc(OCc3ccccc3)c1)cn2C1CC(CN2CCCC2)C1.Nc1ncnc2c1c(-c1cccc(OCc3ccccc3)c1)cn2C1CC(CN2CCC2)C1. The number of H-pyrrole nitrogens is 1. The molecule has 7 N–H and O–H groups in total. The molecule has 2 saturated carbocycles.